The molecule has 1 aliphatic heterocycles. The maximum absolute atomic E-state index is 13.3. The molecule has 2 N–H and O–H groups in total. The van der Waals surface area contributed by atoms with E-state index in [1.807, 2.05) is 18.2 Å². The second kappa shape index (κ2) is 9.90. The molecule has 0 aliphatic carbocycles. The zero-order chi connectivity index (χ0) is 26.8. The van der Waals surface area contributed by atoms with Crippen molar-refractivity contribution in [1.82, 2.24) is 0 Å². The number of amides is 1. The summed E-state index contributed by atoms with van der Waals surface area (Å²) in [5.74, 6) is -1.66. The maximum atomic E-state index is 13.3. The number of carbonyl (C=O) groups is 2. The van der Waals surface area contributed by atoms with E-state index in [0.29, 0.717) is 17.1 Å². The zero-order valence-electron chi connectivity index (χ0n) is 19.7. The molecule has 4 aromatic carbocycles. The highest BCUT2D eigenvalue weighted by molar-refractivity contribution is 6.51. The van der Waals surface area contributed by atoms with Crippen LogP contribution in [0, 0.1) is 10.1 Å². The number of Topliss-reactive ketones (excluding diaryl/α,β-unsaturated/α-hetero) is 1. The van der Waals surface area contributed by atoms with Gasteiger partial charge in [-0.1, -0.05) is 42.5 Å². The molecule has 0 aromatic heterocycles. The summed E-state index contributed by atoms with van der Waals surface area (Å²) in [6.07, 6.45) is 0. The molecule has 1 saturated heterocycles. The number of nitro groups is 1. The number of phenols is 1. The second-order valence-electron chi connectivity index (χ2n) is 8.45. The lowest BCUT2D eigenvalue weighted by Gasteiger charge is -2.26. The number of hydrogen-bond acceptors (Lipinski definition) is 7. The number of non-ortho nitro benzene ring substituents is 1. The summed E-state index contributed by atoms with van der Waals surface area (Å²) in [6, 6.07) is 25.6. The van der Waals surface area contributed by atoms with Crippen molar-refractivity contribution in [2.45, 2.75) is 6.04 Å². The quantitative estimate of drug-likeness (QED) is 0.112. The largest absolute Gasteiger partial charge is 0.507 e. The normalized spacial score (nSPS) is 16.4. The van der Waals surface area contributed by atoms with E-state index in [4.69, 9.17) is 4.74 Å². The molecule has 0 radical (unpaired) electrons. The van der Waals surface area contributed by atoms with Crippen molar-refractivity contribution in [3.05, 3.63) is 130 Å². The third-order valence-electron chi connectivity index (χ3n) is 6.09. The number of carbonyl (C=O) groups excluding carboxylic acids is 2. The standard InChI is InChI=1S/C29H20N2O7/c32-24-12-5-4-11-23(24)30-26(19-7-6-10-22(17-19)38-21-8-2-1-3-9-21)25(28(34)29(30)35)27(33)18-13-15-20(16-14-18)31(36)37/h1-17,26,32-33H/b27-25+. The predicted octanol–water partition coefficient (Wildman–Crippen LogP) is 5.72. The van der Waals surface area contributed by atoms with Gasteiger partial charge in [0.15, 0.2) is 0 Å². The maximum Gasteiger partial charge on any atom is 0.300 e. The molecule has 1 atom stereocenters. The molecule has 0 bridgehead atoms. The Morgan fingerprint density at radius 3 is 2.18 bits per heavy atom. The number of ether oxygens (including phenoxy) is 1. The number of nitro benzene ring substituents is 1. The van der Waals surface area contributed by atoms with E-state index in [9.17, 15) is 29.9 Å². The Balaban J connectivity index is 1.67. The third kappa shape index (κ3) is 4.44. The number of phenolic OH excluding ortho intramolecular Hbond substituents is 1. The molecule has 0 spiro atoms. The Morgan fingerprint density at radius 1 is 0.842 bits per heavy atom. The lowest BCUT2D eigenvalue weighted by atomic mass is 9.95. The van der Waals surface area contributed by atoms with Crippen LogP contribution in [-0.2, 0) is 9.59 Å². The lowest BCUT2D eigenvalue weighted by Crippen LogP contribution is -2.29. The molecule has 1 unspecified atom stereocenters. The molecule has 1 aliphatic rings. The molecule has 5 rings (SSSR count). The number of aliphatic hydroxyl groups excluding tert-OH is 1. The highest BCUT2D eigenvalue weighted by Gasteiger charge is 2.47. The molecule has 9 nitrogen and oxygen atoms in total. The van der Waals surface area contributed by atoms with Crippen molar-refractivity contribution >= 4 is 28.8 Å². The Labute approximate surface area is 216 Å². The summed E-state index contributed by atoms with van der Waals surface area (Å²) in [7, 11) is 0. The smallest absolute Gasteiger partial charge is 0.300 e. The number of aliphatic hydroxyl groups is 1. The first-order valence-corrected chi connectivity index (χ1v) is 11.5. The minimum absolute atomic E-state index is 0.0803. The van der Waals surface area contributed by atoms with E-state index in [-0.39, 0.29) is 28.3 Å². The number of aromatic hydroxyl groups is 1. The van der Waals surface area contributed by atoms with Gasteiger partial charge in [0.05, 0.1) is 22.2 Å². The van der Waals surface area contributed by atoms with Crippen LogP contribution in [0.2, 0.25) is 0 Å². The van der Waals surface area contributed by atoms with Gasteiger partial charge in [0.1, 0.15) is 23.0 Å². The van der Waals surface area contributed by atoms with E-state index < -0.39 is 28.4 Å². The van der Waals surface area contributed by atoms with Crippen molar-refractivity contribution in [1.29, 1.82) is 0 Å². The van der Waals surface area contributed by atoms with Crippen molar-refractivity contribution in [3.8, 4) is 17.2 Å². The Morgan fingerprint density at radius 2 is 1.50 bits per heavy atom. The second-order valence-corrected chi connectivity index (χ2v) is 8.45. The van der Waals surface area contributed by atoms with Gasteiger partial charge < -0.3 is 14.9 Å². The first-order valence-electron chi connectivity index (χ1n) is 11.5. The van der Waals surface area contributed by atoms with E-state index >= 15 is 0 Å². The minimum Gasteiger partial charge on any atom is -0.507 e. The molecule has 4 aromatic rings. The number of nitrogens with zero attached hydrogens (tertiary/aromatic N) is 2. The van der Waals surface area contributed by atoms with Gasteiger partial charge in [-0.15, -0.1) is 0 Å². The lowest BCUT2D eigenvalue weighted by molar-refractivity contribution is -0.384. The molecule has 1 heterocycles. The van der Waals surface area contributed by atoms with Crippen LogP contribution in [0.3, 0.4) is 0 Å². The fraction of sp³-hybridized carbons (Fsp3) is 0.0345. The summed E-state index contributed by atoms with van der Waals surface area (Å²) < 4.78 is 5.93. The van der Waals surface area contributed by atoms with Crippen LogP contribution < -0.4 is 9.64 Å². The van der Waals surface area contributed by atoms with Gasteiger partial charge in [-0.2, -0.15) is 0 Å². The van der Waals surface area contributed by atoms with Crippen LogP contribution in [0.15, 0.2) is 109 Å². The topological polar surface area (TPSA) is 130 Å². The van der Waals surface area contributed by atoms with Crippen molar-refractivity contribution in [2.24, 2.45) is 0 Å². The Bertz CT molecular complexity index is 1580. The summed E-state index contributed by atoms with van der Waals surface area (Å²) >= 11 is 0. The van der Waals surface area contributed by atoms with Gasteiger partial charge in [0.25, 0.3) is 17.4 Å². The van der Waals surface area contributed by atoms with Crippen LogP contribution in [-0.4, -0.2) is 26.8 Å². The molecule has 1 amide bonds. The van der Waals surface area contributed by atoms with Crippen molar-refractivity contribution in [3.63, 3.8) is 0 Å². The summed E-state index contributed by atoms with van der Waals surface area (Å²) in [5, 5.41) is 32.8. The SMILES string of the molecule is O=C1C(=O)N(c2ccccc2O)C(c2cccc(Oc3ccccc3)c2)/C1=C(\O)c1ccc([N+](=O)[O-])cc1. The van der Waals surface area contributed by atoms with E-state index in [1.54, 1.807) is 48.5 Å². The number of benzene rings is 4. The highest BCUT2D eigenvalue weighted by Crippen LogP contribution is 2.45. The van der Waals surface area contributed by atoms with E-state index in [0.717, 1.165) is 4.90 Å². The molecular weight excluding hydrogens is 488 g/mol. The average Bonchev–Trinajstić information content (AvgIpc) is 3.19. The molecule has 0 saturated carbocycles. The van der Waals surface area contributed by atoms with Crippen LogP contribution >= 0.6 is 0 Å². The molecule has 9 heteroatoms. The summed E-state index contributed by atoms with van der Waals surface area (Å²) in [5.41, 5.74) is 0.205. The summed E-state index contributed by atoms with van der Waals surface area (Å²) in [6.45, 7) is 0. The third-order valence-corrected chi connectivity index (χ3v) is 6.09. The minimum atomic E-state index is -1.13. The fourth-order valence-electron chi connectivity index (χ4n) is 4.33. The average molecular weight is 508 g/mol. The summed E-state index contributed by atoms with van der Waals surface area (Å²) in [4.78, 5) is 38.2. The van der Waals surface area contributed by atoms with Crippen LogP contribution in [0.1, 0.15) is 17.2 Å². The fourth-order valence-corrected chi connectivity index (χ4v) is 4.33. The van der Waals surface area contributed by atoms with Gasteiger partial charge >= 0.3 is 0 Å². The molecule has 38 heavy (non-hydrogen) atoms. The van der Waals surface area contributed by atoms with E-state index in [2.05, 4.69) is 0 Å². The van der Waals surface area contributed by atoms with E-state index in [1.165, 1.54) is 36.4 Å². The first-order chi connectivity index (χ1) is 18.3. The zero-order valence-corrected chi connectivity index (χ0v) is 19.7. The molecular formula is C29H20N2O7. The Hall–Kier alpha value is -5.44. The molecule has 188 valence electrons. The van der Waals surface area contributed by atoms with Crippen molar-refractivity contribution in [2.75, 3.05) is 4.90 Å². The van der Waals surface area contributed by atoms with Gasteiger partial charge in [-0.3, -0.25) is 24.6 Å². The number of ketones is 1. The Kier molecular flexibility index (Phi) is 6.32. The number of anilines is 1. The number of rotatable bonds is 6. The van der Waals surface area contributed by atoms with Gasteiger partial charge in [0, 0.05) is 17.7 Å². The van der Waals surface area contributed by atoms with Gasteiger partial charge in [0.2, 0.25) is 0 Å². The first kappa shape index (κ1) is 24.3. The van der Waals surface area contributed by atoms with Crippen LogP contribution in [0.5, 0.6) is 17.2 Å². The number of hydrogen-bond donors (Lipinski definition) is 2. The monoisotopic (exact) mass is 508 g/mol. The predicted molar refractivity (Wildman–Crippen MR) is 139 cm³/mol. The van der Waals surface area contributed by atoms with Gasteiger partial charge in [-0.05, 0) is 54.1 Å². The number of para-hydroxylation sites is 3. The van der Waals surface area contributed by atoms with Crippen molar-refractivity contribution < 1.29 is 29.5 Å². The van der Waals surface area contributed by atoms with Crippen LogP contribution in [0.4, 0.5) is 11.4 Å². The van der Waals surface area contributed by atoms with Crippen LogP contribution in [0.25, 0.3) is 5.76 Å². The highest BCUT2D eigenvalue weighted by atomic mass is 16.6. The van der Waals surface area contributed by atoms with Gasteiger partial charge in [-0.25, -0.2) is 0 Å². The molecule has 1 fully saturated rings.